The average molecular weight is 115 g/mol. The zero-order valence-corrected chi connectivity index (χ0v) is 4.79. The van der Waals surface area contributed by atoms with E-state index in [1.807, 2.05) is 0 Å². The normalized spacial score (nSPS) is 19.0. The van der Waals surface area contributed by atoms with E-state index in [2.05, 4.69) is 11.0 Å². The van der Waals surface area contributed by atoms with Gasteiger partial charge in [-0.3, -0.25) is 0 Å². The van der Waals surface area contributed by atoms with Gasteiger partial charge in [-0.2, -0.15) is 4.40 Å². The van der Waals surface area contributed by atoms with Crippen LogP contribution in [0.3, 0.4) is 0 Å². The number of ether oxygens (including phenoxy) is 1. The van der Waals surface area contributed by atoms with Gasteiger partial charge in [0.2, 0.25) is 0 Å². The van der Waals surface area contributed by atoms with Crippen LogP contribution in [0.2, 0.25) is 0 Å². The van der Waals surface area contributed by atoms with E-state index in [9.17, 15) is 0 Å². The SMILES string of the molecule is C=C1OC(C)=NS1. The molecule has 3 heteroatoms. The highest BCUT2D eigenvalue weighted by Crippen LogP contribution is 2.23. The average Bonchev–Trinajstić information content (AvgIpc) is 1.87. The van der Waals surface area contributed by atoms with Gasteiger partial charge >= 0.3 is 0 Å². The van der Waals surface area contributed by atoms with Crippen molar-refractivity contribution < 1.29 is 4.74 Å². The Morgan fingerprint density at radius 1 is 1.86 bits per heavy atom. The molecule has 0 aromatic rings. The molecule has 0 saturated heterocycles. The summed E-state index contributed by atoms with van der Waals surface area (Å²) in [5, 5.41) is 0.664. The molecule has 1 heterocycles. The molecule has 1 aliphatic rings. The van der Waals surface area contributed by atoms with Gasteiger partial charge in [-0.05, 0) is 6.58 Å². The van der Waals surface area contributed by atoms with Crippen LogP contribution in [0, 0.1) is 0 Å². The van der Waals surface area contributed by atoms with E-state index in [0.717, 1.165) is 0 Å². The van der Waals surface area contributed by atoms with Gasteiger partial charge < -0.3 is 4.74 Å². The largest absolute Gasteiger partial charge is 0.435 e. The lowest BCUT2D eigenvalue weighted by atomic mass is 10.8. The number of hydrogen-bond donors (Lipinski definition) is 0. The van der Waals surface area contributed by atoms with Crippen LogP contribution in [-0.4, -0.2) is 5.90 Å². The molecule has 0 amide bonds. The molecule has 0 aliphatic carbocycles. The van der Waals surface area contributed by atoms with Crippen molar-refractivity contribution in [2.75, 3.05) is 0 Å². The van der Waals surface area contributed by atoms with E-state index >= 15 is 0 Å². The van der Waals surface area contributed by atoms with Gasteiger partial charge in [0, 0.05) is 6.92 Å². The van der Waals surface area contributed by atoms with Crippen molar-refractivity contribution in [1.82, 2.24) is 0 Å². The van der Waals surface area contributed by atoms with Crippen LogP contribution in [0.5, 0.6) is 0 Å². The summed E-state index contributed by atoms with van der Waals surface area (Å²) in [5.74, 6) is 0.690. The Balaban J connectivity index is 2.58. The van der Waals surface area contributed by atoms with Gasteiger partial charge in [0.15, 0.2) is 11.0 Å². The summed E-state index contributed by atoms with van der Waals surface area (Å²) in [5.41, 5.74) is 0. The van der Waals surface area contributed by atoms with Crippen molar-refractivity contribution in [2.45, 2.75) is 6.92 Å². The molecular weight excluding hydrogens is 110 g/mol. The van der Waals surface area contributed by atoms with Gasteiger partial charge in [0.05, 0.1) is 11.9 Å². The van der Waals surface area contributed by atoms with Gasteiger partial charge in [-0.15, -0.1) is 0 Å². The summed E-state index contributed by atoms with van der Waals surface area (Å²) in [6, 6.07) is 0. The summed E-state index contributed by atoms with van der Waals surface area (Å²) in [4.78, 5) is 0. The highest BCUT2D eigenvalue weighted by molar-refractivity contribution is 8.02. The molecule has 0 radical (unpaired) electrons. The molecule has 7 heavy (non-hydrogen) atoms. The van der Waals surface area contributed by atoms with Crippen LogP contribution in [0.25, 0.3) is 0 Å². The summed E-state index contributed by atoms with van der Waals surface area (Å²) >= 11 is 1.28. The summed E-state index contributed by atoms with van der Waals surface area (Å²) in [6.45, 7) is 5.33. The molecular formula is C4H5NOS. The zero-order chi connectivity index (χ0) is 5.28. The van der Waals surface area contributed by atoms with Crippen LogP contribution < -0.4 is 0 Å². The Kier molecular flexibility index (Phi) is 1.06. The molecule has 2 nitrogen and oxygen atoms in total. The third-order valence-corrected chi connectivity index (χ3v) is 1.17. The summed E-state index contributed by atoms with van der Waals surface area (Å²) in [6.07, 6.45) is 0. The molecule has 1 aliphatic heterocycles. The van der Waals surface area contributed by atoms with E-state index in [1.165, 1.54) is 11.9 Å². The topological polar surface area (TPSA) is 21.6 Å². The Hall–Kier alpha value is -0.440. The maximum Gasteiger partial charge on any atom is 0.199 e. The Morgan fingerprint density at radius 3 is 2.71 bits per heavy atom. The maximum atomic E-state index is 4.88. The molecule has 0 aromatic heterocycles. The minimum atomic E-state index is 0.664. The van der Waals surface area contributed by atoms with Crippen LogP contribution in [-0.2, 0) is 4.74 Å². The Labute approximate surface area is 46.4 Å². The Morgan fingerprint density at radius 2 is 2.57 bits per heavy atom. The third kappa shape index (κ3) is 0.962. The van der Waals surface area contributed by atoms with Crippen LogP contribution in [0.1, 0.15) is 6.92 Å². The monoisotopic (exact) mass is 115 g/mol. The first-order valence-corrected chi connectivity index (χ1v) is 2.65. The van der Waals surface area contributed by atoms with Crippen LogP contribution in [0.15, 0.2) is 16.1 Å². The summed E-state index contributed by atoms with van der Waals surface area (Å²) < 4.78 is 8.71. The van der Waals surface area contributed by atoms with E-state index in [1.54, 1.807) is 6.92 Å². The molecule has 0 atom stereocenters. The highest BCUT2D eigenvalue weighted by atomic mass is 32.2. The Bertz CT molecular complexity index is 130. The minimum Gasteiger partial charge on any atom is -0.435 e. The number of nitrogens with zero attached hydrogens (tertiary/aromatic N) is 1. The smallest absolute Gasteiger partial charge is 0.199 e. The minimum absolute atomic E-state index is 0.664. The van der Waals surface area contributed by atoms with Crippen LogP contribution >= 0.6 is 11.9 Å². The lowest BCUT2D eigenvalue weighted by Gasteiger charge is -1.88. The fraction of sp³-hybridized carbons (Fsp3) is 0.250. The molecule has 1 rings (SSSR count). The first-order valence-electron chi connectivity index (χ1n) is 1.87. The lowest BCUT2D eigenvalue weighted by Crippen LogP contribution is -1.85. The van der Waals surface area contributed by atoms with Crippen molar-refractivity contribution in [1.29, 1.82) is 0 Å². The first-order chi connectivity index (χ1) is 3.29. The van der Waals surface area contributed by atoms with Gasteiger partial charge in [-0.1, -0.05) is 0 Å². The quantitative estimate of drug-likeness (QED) is 0.447. The van der Waals surface area contributed by atoms with Crippen molar-refractivity contribution in [2.24, 2.45) is 4.40 Å². The van der Waals surface area contributed by atoms with Crippen molar-refractivity contribution in [3.63, 3.8) is 0 Å². The predicted octanol–water partition coefficient (Wildman–Crippen LogP) is 1.55. The molecule has 0 aromatic carbocycles. The standard InChI is InChI=1S/C4H5NOS/c1-3-5-7-4(2)6-3/h2H2,1H3. The molecule has 0 N–H and O–H groups in total. The maximum absolute atomic E-state index is 4.88. The fourth-order valence-electron chi connectivity index (χ4n) is 0.317. The van der Waals surface area contributed by atoms with Crippen molar-refractivity contribution in [3.8, 4) is 0 Å². The van der Waals surface area contributed by atoms with E-state index < -0.39 is 0 Å². The number of rotatable bonds is 0. The summed E-state index contributed by atoms with van der Waals surface area (Å²) in [7, 11) is 0. The third-order valence-electron chi connectivity index (χ3n) is 0.538. The second kappa shape index (κ2) is 1.58. The van der Waals surface area contributed by atoms with E-state index in [-0.39, 0.29) is 0 Å². The van der Waals surface area contributed by atoms with Gasteiger partial charge in [0.25, 0.3) is 0 Å². The van der Waals surface area contributed by atoms with Crippen molar-refractivity contribution >= 4 is 17.8 Å². The van der Waals surface area contributed by atoms with Gasteiger partial charge in [0.1, 0.15) is 0 Å². The first kappa shape index (κ1) is 4.71. The molecule has 0 bridgehead atoms. The molecule has 0 unspecified atom stereocenters. The second-order valence-corrected chi connectivity index (χ2v) is 2.00. The predicted molar refractivity (Wildman–Crippen MR) is 30.9 cm³/mol. The van der Waals surface area contributed by atoms with E-state index in [4.69, 9.17) is 4.74 Å². The molecule has 0 spiro atoms. The fourth-order valence-corrected chi connectivity index (χ4v) is 0.743. The second-order valence-electron chi connectivity index (χ2n) is 1.18. The van der Waals surface area contributed by atoms with E-state index in [0.29, 0.717) is 11.0 Å². The van der Waals surface area contributed by atoms with Crippen LogP contribution in [0.4, 0.5) is 0 Å². The highest BCUT2D eigenvalue weighted by Gasteiger charge is 2.04. The van der Waals surface area contributed by atoms with Crippen molar-refractivity contribution in [3.05, 3.63) is 11.7 Å². The molecule has 38 valence electrons. The van der Waals surface area contributed by atoms with Gasteiger partial charge in [-0.25, -0.2) is 0 Å². The lowest BCUT2D eigenvalue weighted by molar-refractivity contribution is 0.465. The zero-order valence-electron chi connectivity index (χ0n) is 3.97. The molecule has 0 fully saturated rings. The number of hydrogen-bond acceptors (Lipinski definition) is 3. The molecule has 0 saturated carbocycles.